The van der Waals surface area contributed by atoms with Gasteiger partial charge in [0.25, 0.3) is 0 Å². The van der Waals surface area contributed by atoms with Gasteiger partial charge < -0.3 is 5.32 Å². The molecule has 2 rings (SSSR count). The number of alkyl halides is 3. The molecule has 0 saturated heterocycles. The highest BCUT2D eigenvalue weighted by molar-refractivity contribution is 7.92. The maximum atomic E-state index is 12.7. The van der Waals surface area contributed by atoms with Crippen LogP contribution in [0.25, 0.3) is 0 Å². The molecule has 0 bridgehead atoms. The molecule has 1 aromatic rings. The van der Waals surface area contributed by atoms with E-state index in [1.807, 2.05) is 0 Å². The van der Waals surface area contributed by atoms with Gasteiger partial charge in [-0.05, 0) is 31.9 Å². The molecule has 0 spiro atoms. The summed E-state index contributed by atoms with van der Waals surface area (Å²) in [6, 6.07) is 4.63. The molecule has 1 aromatic carbocycles. The van der Waals surface area contributed by atoms with Gasteiger partial charge in [0.2, 0.25) is 5.91 Å². The number of carbonyl (C=O) groups excluding carboxylic acids is 1. The fraction of sp³-hybridized carbons (Fsp3) is 0.533. The van der Waals surface area contributed by atoms with Gasteiger partial charge in [0.1, 0.15) is 4.75 Å². The van der Waals surface area contributed by atoms with Crippen molar-refractivity contribution in [3.05, 3.63) is 35.4 Å². The first-order valence-electron chi connectivity index (χ1n) is 7.02. The van der Waals surface area contributed by atoms with E-state index in [0.29, 0.717) is 12.0 Å². The van der Waals surface area contributed by atoms with E-state index in [4.69, 9.17) is 0 Å². The molecule has 1 fully saturated rings. The number of benzene rings is 1. The standard InChI is InChI=1S/C15H18F3NO3S/c1-14(2,23(3,21)22)13(20)19-12-8-11(12)9-5-4-6-10(7-9)15(16,17)18/h4-7,11-12H,8H2,1-3H3,(H,19,20). The SMILES string of the molecule is CC(C)(C(=O)NC1CC1c1cccc(C(F)(F)F)c1)S(C)(=O)=O. The summed E-state index contributed by atoms with van der Waals surface area (Å²) < 4.78 is 59.8. The molecular formula is C15H18F3NO3S. The minimum atomic E-state index is -4.41. The first-order chi connectivity index (χ1) is 10.3. The topological polar surface area (TPSA) is 63.2 Å². The fourth-order valence-electron chi connectivity index (χ4n) is 2.18. The average Bonchev–Trinajstić information content (AvgIpc) is 3.15. The van der Waals surface area contributed by atoms with Gasteiger partial charge in [0.05, 0.1) is 5.56 Å². The maximum absolute atomic E-state index is 12.7. The van der Waals surface area contributed by atoms with E-state index in [-0.39, 0.29) is 12.0 Å². The second-order valence-corrected chi connectivity index (χ2v) is 8.89. The number of nitrogens with one attached hydrogen (secondary N) is 1. The van der Waals surface area contributed by atoms with Crippen LogP contribution in [0.15, 0.2) is 24.3 Å². The molecular weight excluding hydrogens is 331 g/mol. The van der Waals surface area contributed by atoms with Gasteiger partial charge in [-0.1, -0.05) is 18.2 Å². The van der Waals surface area contributed by atoms with E-state index in [2.05, 4.69) is 5.32 Å². The van der Waals surface area contributed by atoms with E-state index in [9.17, 15) is 26.4 Å². The van der Waals surface area contributed by atoms with Crippen molar-refractivity contribution in [2.75, 3.05) is 6.26 Å². The molecule has 1 amide bonds. The largest absolute Gasteiger partial charge is 0.416 e. The predicted octanol–water partition coefficient (Wildman–Crippen LogP) is 2.50. The fourth-order valence-corrected chi connectivity index (χ4v) is 2.57. The predicted molar refractivity (Wildman–Crippen MR) is 79.7 cm³/mol. The third kappa shape index (κ3) is 3.68. The van der Waals surface area contributed by atoms with Crippen molar-refractivity contribution in [3.8, 4) is 0 Å². The maximum Gasteiger partial charge on any atom is 0.416 e. The molecule has 8 heteroatoms. The molecule has 1 aliphatic carbocycles. The Morgan fingerprint density at radius 1 is 1.26 bits per heavy atom. The quantitative estimate of drug-likeness (QED) is 0.908. The first kappa shape index (κ1) is 17.8. The van der Waals surface area contributed by atoms with Crippen molar-refractivity contribution in [2.45, 2.75) is 43.2 Å². The highest BCUT2D eigenvalue weighted by atomic mass is 32.2. The van der Waals surface area contributed by atoms with Crippen LogP contribution in [-0.4, -0.2) is 31.4 Å². The van der Waals surface area contributed by atoms with E-state index in [0.717, 1.165) is 18.4 Å². The Morgan fingerprint density at radius 3 is 2.39 bits per heavy atom. The molecule has 0 aliphatic heterocycles. The van der Waals surface area contributed by atoms with Crippen molar-refractivity contribution < 1.29 is 26.4 Å². The van der Waals surface area contributed by atoms with Gasteiger partial charge in [0, 0.05) is 18.2 Å². The van der Waals surface area contributed by atoms with Gasteiger partial charge in [0.15, 0.2) is 9.84 Å². The number of hydrogen-bond donors (Lipinski definition) is 1. The molecule has 2 unspecified atom stereocenters. The molecule has 128 valence electrons. The summed E-state index contributed by atoms with van der Waals surface area (Å²) in [5.41, 5.74) is -0.245. The Labute approximate surface area is 133 Å². The van der Waals surface area contributed by atoms with Gasteiger partial charge in [-0.2, -0.15) is 13.2 Å². The van der Waals surface area contributed by atoms with Crippen LogP contribution in [0.1, 0.15) is 37.3 Å². The molecule has 0 heterocycles. The van der Waals surface area contributed by atoms with Crippen molar-refractivity contribution in [1.82, 2.24) is 5.32 Å². The number of carbonyl (C=O) groups is 1. The lowest BCUT2D eigenvalue weighted by molar-refractivity contribution is -0.137. The van der Waals surface area contributed by atoms with Crippen LogP contribution in [0.5, 0.6) is 0 Å². The lowest BCUT2D eigenvalue weighted by Gasteiger charge is -2.21. The second kappa shape index (κ2) is 5.51. The van der Waals surface area contributed by atoms with E-state index in [1.165, 1.54) is 19.9 Å². The van der Waals surface area contributed by atoms with Gasteiger partial charge in [-0.3, -0.25) is 4.79 Å². The average molecular weight is 349 g/mol. The Morgan fingerprint density at radius 2 is 1.87 bits per heavy atom. The summed E-state index contributed by atoms with van der Waals surface area (Å²) in [5.74, 6) is -0.865. The zero-order valence-electron chi connectivity index (χ0n) is 12.9. The molecule has 23 heavy (non-hydrogen) atoms. The molecule has 1 aliphatic rings. The Bertz CT molecular complexity index is 726. The Balaban J connectivity index is 2.08. The zero-order valence-corrected chi connectivity index (χ0v) is 13.8. The third-order valence-corrected chi connectivity index (χ3v) is 6.26. The number of rotatable bonds is 4. The number of sulfone groups is 1. The summed E-state index contributed by atoms with van der Waals surface area (Å²) in [5, 5.41) is 2.61. The summed E-state index contributed by atoms with van der Waals surface area (Å²) in [7, 11) is -3.59. The van der Waals surface area contributed by atoms with Crippen LogP contribution in [0.4, 0.5) is 13.2 Å². The van der Waals surface area contributed by atoms with Crippen LogP contribution >= 0.6 is 0 Å². The highest BCUT2D eigenvalue weighted by Crippen LogP contribution is 2.42. The summed E-state index contributed by atoms with van der Waals surface area (Å²) >= 11 is 0. The van der Waals surface area contributed by atoms with Crippen molar-refractivity contribution in [3.63, 3.8) is 0 Å². The minimum Gasteiger partial charge on any atom is -0.351 e. The lowest BCUT2D eigenvalue weighted by Crippen LogP contribution is -2.48. The molecule has 1 saturated carbocycles. The van der Waals surface area contributed by atoms with E-state index in [1.54, 1.807) is 6.07 Å². The van der Waals surface area contributed by atoms with Gasteiger partial charge in [-0.15, -0.1) is 0 Å². The van der Waals surface area contributed by atoms with Crippen LogP contribution < -0.4 is 5.32 Å². The van der Waals surface area contributed by atoms with Crippen LogP contribution in [0.2, 0.25) is 0 Å². The van der Waals surface area contributed by atoms with Crippen LogP contribution in [-0.2, 0) is 20.8 Å². The number of amides is 1. The second-order valence-electron chi connectivity index (χ2n) is 6.33. The van der Waals surface area contributed by atoms with Crippen LogP contribution in [0.3, 0.4) is 0 Å². The normalized spacial score (nSPS) is 21.8. The monoisotopic (exact) mass is 349 g/mol. The van der Waals surface area contributed by atoms with Crippen molar-refractivity contribution >= 4 is 15.7 Å². The third-order valence-electron chi connectivity index (χ3n) is 4.22. The number of halogens is 3. The first-order valence-corrected chi connectivity index (χ1v) is 8.91. The highest BCUT2D eigenvalue weighted by Gasteiger charge is 2.45. The smallest absolute Gasteiger partial charge is 0.351 e. The molecule has 4 nitrogen and oxygen atoms in total. The zero-order chi connectivity index (χ0) is 17.6. The Kier molecular flexibility index (Phi) is 4.26. The summed E-state index contributed by atoms with van der Waals surface area (Å²) in [6.45, 7) is 2.61. The summed E-state index contributed by atoms with van der Waals surface area (Å²) in [4.78, 5) is 12.1. The lowest BCUT2D eigenvalue weighted by atomic mass is 10.1. The molecule has 2 atom stereocenters. The molecule has 1 N–H and O–H groups in total. The van der Waals surface area contributed by atoms with Crippen molar-refractivity contribution in [1.29, 1.82) is 0 Å². The van der Waals surface area contributed by atoms with Gasteiger partial charge >= 0.3 is 6.18 Å². The van der Waals surface area contributed by atoms with E-state index >= 15 is 0 Å². The van der Waals surface area contributed by atoms with Crippen molar-refractivity contribution in [2.24, 2.45) is 0 Å². The van der Waals surface area contributed by atoms with E-state index < -0.39 is 32.2 Å². The van der Waals surface area contributed by atoms with Crippen LogP contribution in [0, 0.1) is 0 Å². The molecule has 0 aromatic heterocycles. The molecule has 0 radical (unpaired) electrons. The summed E-state index contributed by atoms with van der Waals surface area (Å²) in [6.07, 6.45) is -2.95. The Hall–Kier alpha value is -1.57. The minimum absolute atomic E-state index is 0.225. The number of hydrogen-bond acceptors (Lipinski definition) is 3. The van der Waals surface area contributed by atoms with Gasteiger partial charge in [-0.25, -0.2) is 8.42 Å².